The van der Waals surface area contributed by atoms with Crippen LogP contribution in [0.3, 0.4) is 0 Å². The number of primary amides is 1. The van der Waals surface area contributed by atoms with Crippen LogP contribution in [-0.2, 0) is 44.8 Å². The van der Waals surface area contributed by atoms with Gasteiger partial charge in [-0.15, -0.1) is 0 Å². The Morgan fingerprint density at radius 2 is 1.35 bits per heavy atom. The predicted octanol–water partition coefficient (Wildman–Crippen LogP) is -3.03. The van der Waals surface area contributed by atoms with E-state index in [1.165, 1.54) is 20.8 Å². The average molecular weight is 679 g/mol. The van der Waals surface area contributed by atoms with Crippen LogP contribution in [0.15, 0.2) is 30.3 Å². The number of hydrogen-bond donors (Lipinski definition) is 10. The lowest BCUT2D eigenvalue weighted by atomic mass is 10.0. The van der Waals surface area contributed by atoms with Crippen molar-refractivity contribution in [1.82, 2.24) is 26.6 Å². The number of rotatable bonds is 21. The molecule has 18 heteroatoms. The molecule has 0 radical (unpaired) electrons. The van der Waals surface area contributed by atoms with Crippen LogP contribution in [-0.4, -0.2) is 99.9 Å². The van der Waals surface area contributed by atoms with Crippen LogP contribution in [0.2, 0.25) is 0 Å². The molecule has 0 aliphatic rings. The van der Waals surface area contributed by atoms with Gasteiger partial charge in [-0.2, -0.15) is 0 Å². The summed E-state index contributed by atoms with van der Waals surface area (Å²) in [6, 6.07) is 1.76. The van der Waals surface area contributed by atoms with E-state index in [0.717, 1.165) is 0 Å². The second-order valence-corrected chi connectivity index (χ2v) is 11.7. The molecule has 0 aliphatic carbocycles. The average Bonchev–Trinajstić information content (AvgIpc) is 2.99. The maximum atomic E-state index is 13.2. The van der Waals surface area contributed by atoms with Gasteiger partial charge in [-0.3, -0.25) is 33.6 Å². The zero-order valence-corrected chi connectivity index (χ0v) is 27.1. The van der Waals surface area contributed by atoms with E-state index < -0.39 is 96.0 Å². The lowest BCUT2D eigenvalue weighted by Crippen LogP contribution is -2.62. The van der Waals surface area contributed by atoms with Gasteiger partial charge in [0.05, 0.1) is 18.9 Å². The van der Waals surface area contributed by atoms with E-state index in [2.05, 4.69) is 26.6 Å². The van der Waals surface area contributed by atoms with Crippen LogP contribution in [0, 0.1) is 0 Å². The number of carboxylic acids is 2. The van der Waals surface area contributed by atoms with Crippen molar-refractivity contribution in [2.75, 3.05) is 6.54 Å². The van der Waals surface area contributed by atoms with Gasteiger partial charge >= 0.3 is 11.9 Å². The Hall–Kier alpha value is -5.10. The topological polar surface area (TPSA) is 315 Å². The van der Waals surface area contributed by atoms with Crippen molar-refractivity contribution in [1.29, 1.82) is 0 Å². The first kappa shape index (κ1) is 40.9. The molecule has 1 aromatic carbocycles. The van der Waals surface area contributed by atoms with Crippen LogP contribution in [0.5, 0.6) is 0 Å². The Bertz CT molecular complexity index is 1320. The minimum absolute atomic E-state index is 0.00113. The summed E-state index contributed by atoms with van der Waals surface area (Å²) in [5, 5.41) is 30.3. The second-order valence-electron chi connectivity index (χ2n) is 11.7. The summed E-state index contributed by atoms with van der Waals surface area (Å²) in [4.78, 5) is 99.0. The van der Waals surface area contributed by atoms with E-state index in [4.69, 9.17) is 22.3 Å². The highest BCUT2D eigenvalue weighted by Crippen LogP contribution is 2.09. The zero-order chi connectivity index (χ0) is 36.6. The molecule has 0 aliphatic heterocycles. The van der Waals surface area contributed by atoms with Crippen molar-refractivity contribution in [3.05, 3.63) is 35.9 Å². The third kappa shape index (κ3) is 14.5. The van der Waals surface area contributed by atoms with Gasteiger partial charge in [-0.1, -0.05) is 30.3 Å². The molecule has 0 aromatic heterocycles. The zero-order valence-electron chi connectivity index (χ0n) is 27.1. The number of benzene rings is 1. The number of carbonyl (C=O) groups excluding carboxylic acids is 6. The molecule has 48 heavy (non-hydrogen) atoms. The molecular weight excluding hydrogens is 632 g/mol. The molecule has 0 spiro atoms. The van der Waals surface area contributed by atoms with E-state index in [9.17, 15) is 43.5 Å². The van der Waals surface area contributed by atoms with Crippen molar-refractivity contribution >= 4 is 47.4 Å². The van der Waals surface area contributed by atoms with Gasteiger partial charge in [0.2, 0.25) is 35.4 Å². The summed E-state index contributed by atoms with van der Waals surface area (Å²) in [6.07, 6.45) is -0.330. The maximum Gasteiger partial charge on any atom is 0.326 e. The van der Waals surface area contributed by atoms with Gasteiger partial charge < -0.3 is 54.0 Å². The van der Waals surface area contributed by atoms with Gasteiger partial charge in [0.1, 0.15) is 29.7 Å². The number of amides is 6. The Balaban J connectivity index is 3.03. The first-order chi connectivity index (χ1) is 22.4. The fraction of sp³-hybridized carbons (Fsp3) is 0.533. The molecule has 1 aromatic rings. The molecule has 0 fully saturated rings. The van der Waals surface area contributed by atoms with E-state index >= 15 is 0 Å². The SMILES string of the molecule is C[C@H](NC(=O)C(C)(C)NC(=O)[C@H](CC(N)=O)NC(=O)[C@@H](N)CC(=O)O)C(=O)N[C@@H](Cc1ccccc1)C(=O)N[C@@H](CCCCN)C(=O)O. The fourth-order valence-electron chi connectivity index (χ4n) is 4.24. The molecule has 0 saturated carbocycles. The van der Waals surface area contributed by atoms with Crippen LogP contribution >= 0.6 is 0 Å². The largest absolute Gasteiger partial charge is 0.481 e. The third-order valence-electron chi connectivity index (χ3n) is 6.99. The standard InChI is InChI=1S/C30H46N8O10/c1-16(34-29(48)30(2,3)38-27(45)21(15-22(33)39)37-25(43)18(32)14-23(40)41)24(42)36-20(13-17-9-5-4-6-10-17)26(44)35-19(28(46)47)11-7-8-12-31/h4-6,9-10,16,18-21H,7-8,11-15,31-32H2,1-3H3,(H2,33,39)(H,34,48)(H,35,44)(H,36,42)(H,37,43)(H,38,45)(H,40,41)(H,46,47)/t16-,18-,19-,20-,21-/m0/s1. The van der Waals surface area contributed by atoms with Gasteiger partial charge in [0.25, 0.3) is 0 Å². The van der Waals surface area contributed by atoms with Crippen molar-refractivity contribution in [2.24, 2.45) is 17.2 Å². The summed E-state index contributed by atoms with van der Waals surface area (Å²) in [5.74, 6) is -8.14. The van der Waals surface area contributed by atoms with Crippen LogP contribution in [0.4, 0.5) is 0 Å². The van der Waals surface area contributed by atoms with Crippen molar-refractivity contribution in [2.45, 2.75) is 95.0 Å². The highest BCUT2D eigenvalue weighted by Gasteiger charge is 2.36. The number of carbonyl (C=O) groups is 8. The Labute approximate surface area is 277 Å². The summed E-state index contributed by atoms with van der Waals surface area (Å²) in [5.41, 5.74) is 15.1. The van der Waals surface area contributed by atoms with E-state index in [0.29, 0.717) is 24.9 Å². The smallest absolute Gasteiger partial charge is 0.326 e. The molecule has 6 amide bonds. The van der Waals surface area contributed by atoms with Crippen LogP contribution < -0.4 is 43.8 Å². The molecule has 266 valence electrons. The van der Waals surface area contributed by atoms with Gasteiger partial charge in [-0.05, 0) is 52.1 Å². The van der Waals surface area contributed by atoms with E-state index in [1.807, 2.05) is 0 Å². The monoisotopic (exact) mass is 678 g/mol. The first-order valence-electron chi connectivity index (χ1n) is 15.1. The molecule has 5 atom stereocenters. The fourth-order valence-corrected chi connectivity index (χ4v) is 4.24. The number of carboxylic acid groups (broad SMARTS) is 2. The molecule has 13 N–H and O–H groups in total. The van der Waals surface area contributed by atoms with E-state index in [-0.39, 0.29) is 12.8 Å². The molecular formula is C30H46N8O10. The Morgan fingerprint density at radius 3 is 1.90 bits per heavy atom. The molecule has 0 unspecified atom stereocenters. The van der Waals surface area contributed by atoms with Crippen molar-refractivity contribution in [3.63, 3.8) is 0 Å². The lowest BCUT2D eigenvalue weighted by molar-refractivity contribution is -0.142. The molecule has 18 nitrogen and oxygen atoms in total. The maximum absolute atomic E-state index is 13.2. The number of aliphatic carboxylic acids is 2. The molecule has 0 bridgehead atoms. The highest BCUT2D eigenvalue weighted by molar-refractivity contribution is 5.99. The minimum atomic E-state index is -1.74. The molecule has 0 saturated heterocycles. The third-order valence-corrected chi connectivity index (χ3v) is 6.99. The lowest BCUT2D eigenvalue weighted by Gasteiger charge is -2.29. The van der Waals surface area contributed by atoms with Crippen LogP contribution in [0.25, 0.3) is 0 Å². The van der Waals surface area contributed by atoms with Crippen molar-refractivity contribution < 1.29 is 48.6 Å². The van der Waals surface area contributed by atoms with Crippen LogP contribution in [0.1, 0.15) is 58.4 Å². The molecule has 0 heterocycles. The summed E-state index contributed by atoms with van der Waals surface area (Å²) >= 11 is 0. The number of nitrogens with two attached hydrogens (primary N) is 3. The summed E-state index contributed by atoms with van der Waals surface area (Å²) in [6.45, 7) is 4.21. The number of unbranched alkanes of at least 4 members (excludes halogenated alkanes) is 1. The normalized spacial score (nSPS) is 14.2. The van der Waals surface area contributed by atoms with Gasteiger partial charge in [0.15, 0.2) is 0 Å². The summed E-state index contributed by atoms with van der Waals surface area (Å²) < 4.78 is 0. The first-order valence-corrected chi connectivity index (χ1v) is 15.1. The van der Waals surface area contributed by atoms with Gasteiger partial charge in [0, 0.05) is 6.42 Å². The highest BCUT2D eigenvalue weighted by atomic mass is 16.4. The predicted molar refractivity (Wildman–Crippen MR) is 170 cm³/mol. The minimum Gasteiger partial charge on any atom is -0.481 e. The summed E-state index contributed by atoms with van der Waals surface area (Å²) in [7, 11) is 0. The second kappa shape index (κ2) is 19.5. The quantitative estimate of drug-likeness (QED) is 0.0581. The Morgan fingerprint density at radius 1 is 0.771 bits per heavy atom. The Kier molecular flexibility index (Phi) is 16.7. The van der Waals surface area contributed by atoms with Gasteiger partial charge in [-0.25, -0.2) is 4.79 Å². The van der Waals surface area contributed by atoms with Crippen molar-refractivity contribution in [3.8, 4) is 0 Å². The van der Waals surface area contributed by atoms with E-state index in [1.54, 1.807) is 30.3 Å². The number of hydrogen-bond acceptors (Lipinski definition) is 10. The number of nitrogens with one attached hydrogen (secondary N) is 5. The molecule has 1 rings (SSSR count).